The van der Waals surface area contributed by atoms with E-state index >= 15 is 0 Å². The molecule has 0 aromatic heterocycles. The molecule has 2 nitrogen and oxygen atoms in total. The average Bonchev–Trinajstić information content (AvgIpc) is 2.24. The number of nitrogens with two attached hydrogens (primary N) is 1. The van der Waals surface area contributed by atoms with E-state index < -0.39 is 0 Å². The van der Waals surface area contributed by atoms with Crippen LogP contribution in [0.1, 0.15) is 31.4 Å². The first-order valence-electron chi connectivity index (χ1n) is 5.10. The zero-order valence-electron chi connectivity index (χ0n) is 9.26. The Morgan fingerprint density at radius 2 is 2.19 bits per heavy atom. The van der Waals surface area contributed by atoms with Crippen LogP contribution in [-0.2, 0) is 0 Å². The lowest BCUT2D eigenvalue weighted by Gasteiger charge is -2.18. The molecule has 0 fully saturated rings. The zero-order valence-corrected chi connectivity index (χ0v) is 10.8. The second-order valence-electron chi connectivity index (χ2n) is 3.86. The normalized spacial score (nSPS) is 12.5. The summed E-state index contributed by atoms with van der Waals surface area (Å²) in [5, 5.41) is 1.11. The van der Waals surface area contributed by atoms with E-state index in [1.54, 1.807) is 6.07 Å². The van der Waals surface area contributed by atoms with Gasteiger partial charge in [-0.15, -0.1) is 6.58 Å². The van der Waals surface area contributed by atoms with Crippen molar-refractivity contribution in [2.75, 3.05) is 0 Å². The van der Waals surface area contributed by atoms with Crippen LogP contribution in [0.4, 0.5) is 0 Å². The van der Waals surface area contributed by atoms with Gasteiger partial charge in [0.2, 0.25) is 0 Å². The topological polar surface area (TPSA) is 38.0 Å². The van der Waals surface area contributed by atoms with E-state index in [-0.39, 0.29) is 6.04 Å². The van der Waals surface area contributed by atoms with Crippen molar-refractivity contribution in [1.29, 1.82) is 0 Å². The number of hydrogen-bond donors (Lipinski definition) is 2. The Bertz CT molecular complexity index is 377. The van der Waals surface area contributed by atoms with Gasteiger partial charge in [0, 0.05) is 6.04 Å². The maximum Gasteiger partial charge on any atom is 0.0640 e. The lowest BCUT2D eigenvalue weighted by atomic mass is 10.0. The van der Waals surface area contributed by atoms with E-state index in [0.717, 1.165) is 24.0 Å². The molecular formula is C12H16Cl2N2. The van der Waals surface area contributed by atoms with Crippen LogP contribution in [0.5, 0.6) is 0 Å². The third-order valence-corrected chi connectivity index (χ3v) is 3.25. The van der Waals surface area contributed by atoms with Crippen LogP contribution in [0.2, 0.25) is 10.0 Å². The molecule has 1 unspecified atom stereocenters. The highest BCUT2D eigenvalue weighted by Crippen LogP contribution is 2.31. The fourth-order valence-electron chi connectivity index (χ4n) is 1.51. The Balaban J connectivity index is 2.86. The van der Waals surface area contributed by atoms with Crippen LogP contribution in [0.15, 0.2) is 30.4 Å². The third kappa shape index (κ3) is 3.49. The van der Waals surface area contributed by atoms with Crippen molar-refractivity contribution < 1.29 is 0 Å². The fourth-order valence-corrected chi connectivity index (χ4v) is 1.95. The molecule has 0 radical (unpaired) electrons. The molecule has 3 N–H and O–H groups in total. The Hall–Kier alpha value is -0.540. The molecule has 0 saturated carbocycles. The fraction of sp³-hybridized carbons (Fsp3) is 0.333. The highest BCUT2D eigenvalue weighted by Gasteiger charge is 2.14. The van der Waals surface area contributed by atoms with Gasteiger partial charge in [-0.2, -0.15) is 0 Å². The molecule has 0 aliphatic carbocycles. The summed E-state index contributed by atoms with van der Waals surface area (Å²) in [4.78, 5) is 0. The van der Waals surface area contributed by atoms with Crippen LogP contribution >= 0.6 is 23.2 Å². The molecule has 0 amide bonds. The number of benzene rings is 1. The average molecular weight is 259 g/mol. The molecule has 4 heteroatoms. The maximum atomic E-state index is 6.13. The van der Waals surface area contributed by atoms with Crippen LogP contribution in [-0.4, -0.2) is 0 Å². The van der Waals surface area contributed by atoms with Gasteiger partial charge in [-0.05, 0) is 31.4 Å². The van der Waals surface area contributed by atoms with E-state index in [2.05, 4.69) is 12.0 Å². The smallest absolute Gasteiger partial charge is 0.0640 e. The summed E-state index contributed by atoms with van der Waals surface area (Å²) in [5.74, 6) is 5.53. The van der Waals surface area contributed by atoms with E-state index in [9.17, 15) is 0 Å². The monoisotopic (exact) mass is 258 g/mol. The Labute approximate surface area is 106 Å². The third-order valence-electron chi connectivity index (χ3n) is 2.42. The van der Waals surface area contributed by atoms with E-state index in [1.807, 2.05) is 19.1 Å². The predicted molar refractivity (Wildman–Crippen MR) is 70.6 cm³/mol. The van der Waals surface area contributed by atoms with Crippen molar-refractivity contribution in [3.63, 3.8) is 0 Å². The van der Waals surface area contributed by atoms with Crippen LogP contribution in [0.3, 0.4) is 0 Å². The van der Waals surface area contributed by atoms with Gasteiger partial charge in [0.1, 0.15) is 0 Å². The zero-order chi connectivity index (χ0) is 12.1. The Morgan fingerprint density at radius 3 is 2.75 bits per heavy atom. The number of hydrogen-bond acceptors (Lipinski definition) is 2. The number of allylic oxidation sites excluding steroid dienone is 1. The lowest BCUT2D eigenvalue weighted by Crippen LogP contribution is -2.28. The molecule has 1 aromatic carbocycles. The molecule has 88 valence electrons. The summed E-state index contributed by atoms with van der Waals surface area (Å²) >= 11 is 12.1. The summed E-state index contributed by atoms with van der Waals surface area (Å²) in [6, 6.07) is 5.56. The first kappa shape index (κ1) is 13.5. The second-order valence-corrected chi connectivity index (χ2v) is 4.64. The van der Waals surface area contributed by atoms with Gasteiger partial charge in [-0.1, -0.05) is 40.9 Å². The molecule has 0 aliphatic heterocycles. The minimum Gasteiger partial charge on any atom is -0.271 e. The lowest BCUT2D eigenvalue weighted by molar-refractivity contribution is 0.516. The molecule has 0 spiro atoms. The van der Waals surface area contributed by atoms with E-state index in [4.69, 9.17) is 29.0 Å². The van der Waals surface area contributed by atoms with Gasteiger partial charge in [-0.3, -0.25) is 11.3 Å². The molecule has 0 heterocycles. The van der Waals surface area contributed by atoms with Crippen LogP contribution in [0, 0.1) is 0 Å². The highest BCUT2D eigenvalue weighted by molar-refractivity contribution is 6.42. The first-order valence-corrected chi connectivity index (χ1v) is 5.86. The second kappa shape index (κ2) is 6.26. The predicted octanol–water partition coefficient (Wildman–Crippen LogP) is 3.85. The minimum absolute atomic E-state index is 0.00269. The van der Waals surface area contributed by atoms with E-state index in [0.29, 0.717) is 10.0 Å². The molecule has 1 aromatic rings. The molecule has 0 bridgehead atoms. The van der Waals surface area contributed by atoms with Crippen LogP contribution < -0.4 is 11.3 Å². The Morgan fingerprint density at radius 1 is 1.50 bits per heavy atom. The van der Waals surface area contributed by atoms with Gasteiger partial charge in [0.25, 0.3) is 0 Å². The van der Waals surface area contributed by atoms with Gasteiger partial charge in [0.05, 0.1) is 10.0 Å². The van der Waals surface area contributed by atoms with Crippen molar-refractivity contribution in [3.05, 3.63) is 46.0 Å². The number of nitrogens with one attached hydrogen (secondary N) is 1. The molecule has 16 heavy (non-hydrogen) atoms. The first-order chi connectivity index (χ1) is 7.56. The summed E-state index contributed by atoms with van der Waals surface area (Å²) in [7, 11) is 0. The maximum absolute atomic E-state index is 6.13. The van der Waals surface area contributed by atoms with Gasteiger partial charge >= 0.3 is 0 Å². The van der Waals surface area contributed by atoms with Crippen molar-refractivity contribution >= 4 is 23.2 Å². The van der Waals surface area contributed by atoms with Gasteiger partial charge in [0.15, 0.2) is 0 Å². The standard InChI is InChI=1S/C12H16Cl2N2/c1-8(2)6-7-11(16-15)9-4-3-5-10(13)12(9)14/h3-5,11,16H,1,6-7,15H2,2H3. The number of hydrazine groups is 1. The number of halogens is 2. The van der Waals surface area contributed by atoms with Crippen molar-refractivity contribution in [3.8, 4) is 0 Å². The summed E-state index contributed by atoms with van der Waals surface area (Å²) in [6.07, 6.45) is 1.75. The minimum atomic E-state index is 0.00269. The molecular weight excluding hydrogens is 243 g/mol. The Kier molecular flexibility index (Phi) is 5.29. The van der Waals surface area contributed by atoms with Gasteiger partial charge in [-0.25, -0.2) is 0 Å². The largest absolute Gasteiger partial charge is 0.271 e. The SMILES string of the molecule is C=C(C)CCC(NN)c1cccc(Cl)c1Cl. The van der Waals surface area contributed by atoms with Crippen molar-refractivity contribution in [1.82, 2.24) is 5.43 Å². The number of rotatable bonds is 5. The van der Waals surface area contributed by atoms with Crippen LogP contribution in [0.25, 0.3) is 0 Å². The highest BCUT2D eigenvalue weighted by atomic mass is 35.5. The molecule has 1 atom stereocenters. The molecule has 0 saturated heterocycles. The summed E-state index contributed by atoms with van der Waals surface area (Å²) in [6.45, 7) is 5.86. The van der Waals surface area contributed by atoms with Gasteiger partial charge < -0.3 is 0 Å². The quantitative estimate of drug-likeness (QED) is 0.478. The van der Waals surface area contributed by atoms with Crippen molar-refractivity contribution in [2.45, 2.75) is 25.8 Å². The molecule has 1 rings (SSSR count). The summed E-state index contributed by atoms with van der Waals surface area (Å²) < 4.78 is 0. The summed E-state index contributed by atoms with van der Waals surface area (Å²) in [5.41, 5.74) is 4.81. The molecule has 0 aliphatic rings. The van der Waals surface area contributed by atoms with Crippen molar-refractivity contribution in [2.24, 2.45) is 5.84 Å². The van der Waals surface area contributed by atoms with E-state index in [1.165, 1.54) is 0 Å².